The molecule has 0 saturated carbocycles. The average molecular weight is 277 g/mol. The van der Waals surface area contributed by atoms with Crippen LogP contribution in [0.1, 0.15) is 21.1 Å². The lowest BCUT2D eigenvalue weighted by Crippen LogP contribution is -2.12. The van der Waals surface area contributed by atoms with Crippen molar-refractivity contribution in [1.29, 1.82) is 0 Å². The third-order valence-electron chi connectivity index (χ3n) is 2.61. The van der Waals surface area contributed by atoms with E-state index in [-0.39, 0.29) is 11.7 Å². The van der Waals surface area contributed by atoms with Crippen molar-refractivity contribution in [3.8, 4) is 5.75 Å². The van der Waals surface area contributed by atoms with Gasteiger partial charge in [0.05, 0.1) is 5.01 Å². The summed E-state index contributed by atoms with van der Waals surface area (Å²) in [5.74, 6) is -0.136. The third-order valence-corrected chi connectivity index (χ3v) is 3.52. The monoisotopic (exact) mass is 277 g/mol. The number of hydrogen-bond donors (Lipinski definition) is 3. The molecule has 1 aromatic heterocycles. The van der Waals surface area contributed by atoms with Gasteiger partial charge >= 0.3 is 0 Å². The maximum atomic E-state index is 11.9. The van der Waals surface area contributed by atoms with Crippen LogP contribution >= 0.6 is 11.3 Å². The number of phenols is 1. The molecule has 5 nitrogen and oxygen atoms in total. The Kier molecular flexibility index (Phi) is 4.13. The summed E-state index contributed by atoms with van der Waals surface area (Å²) in [5, 5.41) is 14.8. The lowest BCUT2D eigenvalue weighted by Gasteiger charge is -2.05. The number of nitrogens with one attached hydrogen (secondary N) is 1. The molecule has 0 bridgehead atoms. The molecule has 0 fully saturated rings. The lowest BCUT2D eigenvalue weighted by atomic mass is 10.2. The molecule has 0 aliphatic heterocycles. The van der Waals surface area contributed by atoms with Gasteiger partial charge < -0.3 is 16.2 Å². The summed E-state index contributed by atoms with van der Waals surface area (Å²) in [7, 11) is 0. The molecule has 100 valence electrons. The summed E-state index contributed by atoms with van der Waals surface area (Å²) in [6.07, 6.45) is 0.670. The van der Waals surface area contributed by atoms with Crippen LogP contribution in [0.2, 0.25) is 0 Å². The second kappa shape index (κ2) is 5.81. The van der Waals surface area contributed by atoms with E-state index in [2.05, 4.69) is 10.3 Å². The van der Waals surface area contributed by atoms with Crippen molar-refractivity contribution in [2.45, 2.75) is 13.3 Å². The summed E-state index contributed by atoms with van der Waals surface area (Å²) >= 11 is 1.42. The highest BCUT2D eigenvalue weighted by atomic mass is 32.1. The van der Waals surface area contributed by atoms with Gasteiger partial charge in [-0.15, -0.1) is 11.3 Å². The van der Waals surface area contributed by atoms with Gasteiger partial charge in [-0.25, -0.2) is 4.98 Å². The van der Waals surface area contributed by atoms with Crippen molar-refractivity contribution >= 4 is 22.9 Å². The molecule has 4 N–H and O–H groups in total. The van der Waals surface area contributed by atoms with E-state index < -0.39 is 0 Å². The van der Waals surface area contributed by atoms with E-state index in [9.17, 15) is 9.90 Å². The highest BCUT2D eigenvalue weighted by Crippen LogP contribution is 2.21. The summed E-state index contributed by atoms with van der Waals surface area (Å²) < 4.78 is 0. The number of carbonyl (C=O) groups is 1. The Balaban J connectivity index is 2.09. The number of carbonyl (C=O) groups excluding carboxylic acids is 1. The van der Waals surface area contributed by atoms with Crippen molar-refractivity contribution in [1.82, 2.24) is 4.98 Å². The maximum absolute atomic E-state index is 11.9. The zero-order chi connectivity index (χ0) is 13.8. The number of amides is 1. The van der Waals surface area contributed by atoms with Gasteiger partial charge in [0.2, 0.25) is 0 Å². The fraction of sp³-hybridized carbons (Fsp3) is 0.231. The van der Waals surface area contributed by atoms with Crippen molar-refractivity contribution < 1.29 is 9.90 Å². The van der Waals surface area contributed by atoms with Gasteiger partial charge in [0.1, 0.15) is 11.4 Å². The first-order valence-corrected chi connectivity index (χ1v) is 6.73. The van der Waals surface area contributed by atoms with Crippen LogP contribution in [-0.2, 0) is 6.42 Å². The zero-order valence-electron chi connectivity index (χ0n) is 10.5. The van der Waals surface area contributed by atoms with Gasteiger partial charge in [0, 0.05) is 23.6 Å². The molecular weight excluding hydrogens is 262 g/mol. The minimum Gasteiger partial charge on any atom is -0.508 e. The number of anilines is 1. The highest BCUT2D eigenvalue weighted by molar-refractivity contribution is 7.09. The molecule has 1 aromatic carbocycles. The third kappa shape index (κ3) is 3.30. The fourth-order valence-corrected chi connectivity index (χ4v) is 2.33. The Bertz CT molecular complexity index is 595. The number of hydrogen-bond acceptors (Lipinski definition) is 5. The molecule has 6 heteroatoms. The van der Waals surface area contributed by atoms with Crippen molar-refractivity contribution in [2.75, 3.05) is 11.9 Å². The van der Waals surface area contributed by atoms with Crippen LogP contribution in [0.3, 0.4) is 0 Å². The number of rotatable bonds is 4. The average Bonchev–Trinajstić information content (AvgIpc) is 2.83. The highest BCUT2D eigenvalue weighted by Gasteiger charge is 2.11. The van der Waals surface area contributed by atoms with E-state index in [0.29, 0.717) is 24.3 Å². The van der Waals surface area contributed by atoms with Gasteiger partial charge in [0.25, 0.3) is 5.91 Å². The Labute approximate surface area is 115 Å². The van der Waals surface area contributed by atoms with Gasteiger partial charge in [-0.3, -0.25) is 4.79 Å². The molecular formula is C13H15N3O2S. The fourth-order valence-electron chi connectivity index (χ4n) is 1.54. The number of aromatic nitrogens is 1. The van der Waals surface area contributed by atoms with E-state index in [1.165, 1.54) is 17.4 Å². The molecule has 0 radical (unpaired) electrons. The van der Waals surface area contributed by atoms with Crippen molar-refractivity contribution in [3.63, 3.8) is 0 Å². The second-order valence-corrected chi connectivity index (χ2v) is 5.06. The van der Waals surface area contributed by atoms with E-state index in [4.69, 9.17) is 5.73 Å². The minimum absolute atomic E-state index is 0.153. The summed E-state index contributed by atoms with van der Waals surface area (Å²) in [4.78, 5) is 16.1. The molecule has 19 heavy (non-hydrogen) atoms. The number of nitrogens with zero attached hydrogens (tertiary/aromatic N) is 1. The summed E-state index contributed by atoms with van der Waals surface area (Å²) in [6.45, 7) is 2.31. The number of phenolic OH excluding ortho intramolecular Hbond substituents is 1. The Morgan fingerprint density at radius 2 is 2.32 bits per heavy atom. The number of benzene rings is 1. The minimum atomic E-state index is -0.289. The van der Waals surface area contributed by atoms with Crippen LogP contribution in [0.5, 0.6) is 5.75 Å². The molecule has 1 amide bonds. The van der Waals surface area contributed by atoms with Crippen LogP contribution in [0.25, 0.3) is 0 Å². The summed E-state index contributed by atoms with van der Waals surface area (Å²) in [5.41, 5.74) is 7.11. The smallest absolute Gasteiger partial charge is 0.275 e. The van der Waals surface area contributed by atoms with Crippen molar-refractivity contribution in [3.05, 3.63) is 39.8 Å². The normalized spacial score (nSPS) is 10.4. The largest absolute Gasteiger partial charge is 0.508 e. The van der Waals surface area contributed by atoms with Gasteiger partial charge in [-0.05, 0) is 25.1 Å². The van der Waals surface area contributed by atoms with E-state index in [1.807, 2.05) is 0 Å². The van der Waals surface area contributed by atoms with E-state index in [0.717, 1.165) is 10.6 Å². The van der Waals surface area contributed by atoms with E-state index >= 15 is 0 Å². The first-order chi connectivity index (χ1) is 9.10. The molecule has 2 aromatic rings. The Hall–Kier alpha value is -1.92. The van der Waals surface area contributed by atoms with Gasteiger partial charge in [-0.2, -0.15) is 0 Å². The molecule has 2 rings (SSSR count). The first-order valence-electron chi connectivity index (χ1n) is 5.85. The second-order valence-electron chi connectivity index (χ2n) is 4.12. The first kappa shape index (κ1) is 13.5. The van der Waals surface area contributed by atoms with Crippen LogP contribution < -0.4 is 11.1 Å². The number of aromatic hydroxyl groups is 1. The SMILES string of the molecule is Cc1ccc(NC(=O)c2csc(CCN)n2)cc1O. The molecule has 0 aliphatic carbocycles. The standard InChI is InChI=1S/C13H15N3O2S/c1-8-2-3-9(6-11(8)17)15-13(18)10-7-19-12(16-10)4-5-14/h2-3,6-7,17H,4-5,14H2,1H3,(H,15,18). The lowest BCUT2D eigenvalue weighted by molar-refractivity contribution is 0.102. The number of aryl methyl sites for hydroxylation is 1. The number of nitrogens with two attached hydrogens (primary N) is 1. The predicted octanol–water partition coefficient (Wildman–Crippen LogP) is 1.91. The molecule has 0 unspecified atom stereocenters. The molecule has 0 aliphatic rings. The van der Waals surface area contributed by atoms with Crippen LogP contribution in [0, 0.1) is 6.92 Å². The Morgan fingerprint density at radius 3 is 3.00 bits per heavy atom. The van der Waals surface area contributed by atoms with Crippen LogP contribution in [-0.4, -0.2) is 22.5 Å². The zero-order valence-corrected chi connectivity index (χ0v) is 11.3. The quantitative estimate of drug-likeness (QED) is 0.796. The molecule has 1 heterocycles. The molecule has 0 spiro atoms. The van der Waals surface area contributed by atoms with Crippen LogP contribution in [0.4, 0.5) is 5.69 Å². The van der Waals surface area contributed by atoms with Gasteiger partial charge in [-0.1, -0.05) is 6.07 Å². The van der Waals surface area contributed by atoms with Crippen molar-refractivity contribution in [2.24, 2.45) is 5.73 Å². The van der Waals surface area contributed by atoms with Gasteiger partial charge in [0.15, 0.2) is 0 Å². The molecule has 0 atom stereocenters. The topological polar surface area (TPSA) is 88.2 Å². The van der Waals surface area contributed by atoms with Crippen LogP contribution in [0.15, 0.2) is 23.6 Å². The predicted molar refractivity (Wildman–Crippen MR) is 75.7 cm³/mol. The maximum Gasteiger partial charge on any atom is 0.275 e. The molecule has 0 saturated heterocycles. The summed E-state index contributed by atoms with van der Waals surface area (Å²) in [6, 6.07) is 4.99. The number of thiazole rings is 1. The Morgan fingerprint density at radius 1 is 1.53 bits per heavy atom. The van der Waals surface area contributed by atoms with E-state index in [1.54, 1.807) is 24.4 Å².